The molecule has 0 aliphatic carbocycles. The molecule has 6 heteroatoms. The molecule has 0 aliphatic rings. The Labute approximate surface area is 196 Å². The van der Waals surface area contributed by atoms with Crippen LogP contribution in [0.5, 0.6) is 5.75 Å². The maximum atomic E-state index is 6.15. The molecular formula is C27H24N4OS. The zero-order chi connectivity index (χ0) is 22.9. The van der Waals surface area contributed by atoms with E-state index in [1.165, 1.54) is 0 Å². The normalized spacial score (nSPS) is 11.5. The van der Waals surface area contributed by atoms with Gasteiger partial charge in [0.2, 0.25) is 0 Å². The standard InChI is InChI=1S/C27H24N4OS/c1-16-12-20(13-24(32-3)17(16)2)31-27-26-25(29-15-30-27)19(14-33-26)9-8-18-10-11-23(28)22-7-5-4-6-21(18)22/h4-15H,28H2,1-3H3,(H,29,30,31)/b9-8+. The smallest absolute Gasteiger partial charge is 0.151 e. The lowest BCUT2D eigenvalue weighted by Crippen LogP contribution is -1.98. The van der Waals surface area contributed by atoms with Crippen LogP contribution in [0, 0.1) is 13.8 Å². The van der Waals surface area contributed by atoms with Crippen LogP contribution >= 0.6 is 11.3 Å². The molecule has 164 valence electrons. The van der Waals surface area contributed by atoms with Crippen molar-refractivity contribution in [2.24, 2.45) is 0 Å². The van der Waals surface area contributed by atoms with E-state index in [4.69, 9.17) is 10.5 Å². The van der Waals surface area contributed by atoms with Crippen molar-refractivity contribution in [3.63, 3.8) is 0 Å². The Morgan fingerprint density at radius 2 is 1.76 bits per heavy atom. The number of methoxy groups -OCH3 is 1. The molecule has 0 bridgehead atoms. The van der Waals surface area contributed by atoms with Gasteiger partial charge in [-0.1, -0.05) is 42.5 Å². The van der Waals surface area contributed by atoms with Crippen molar-refractivity contribution in [2.45, 2.75) is 13.8 Å². The van der Waals surface area contributed by atoms with Crippen molar-refractivity contribution < 1.29 is 4.74 Å². The van der Waals surface area contributed by atoms with E-state index in [2.05, 4.69) is 70.9 Å². The lowest BCUT2D eigenvalue weighted by atomic mass is 10.0. The summed E-state index contributed by atoms with van der Waals surface area (Å²) < 4.78 is 6.53. The van der Waals surface area contributed by atoms with Gasteiger partial charge in [-0.15, -0.1) is 11.3 Å². The molecule has 3 aromatic carbocycles. The Bertz CT molecular complexity index is 1520. The number of hydrogen-bond acceptors (Lipinski definition) is 6. The number of nitrogen functional groups attached to an aromatic ring is 1. The molecule has 0 radical (unpaired) electrons. The van der Waals surface area contributed by atoms with E-state index in [9.17, 15) is 0 Å². The van der Waals surface area contributed by atoms with Crippen molar-refractivity contribution in [3.05, 3.63) is 82.5 Å². The van der Waals surface area contributed by atoms with E-state index < -0.39 is 0 Å². The van der Waals surface area contributed by atoms with Crippen molar-refractivity contribution in [1.82, 2.24) is 9.97 Å². The summed E-state index contributed by atoms with van der Waals surface area (Å²) in [5.74, 6) is 1.64. The monoisotopic (exact) mass is 452 g/mol. The summed E-state index contributed by atoms with van der Waals surface area (Å²) in [6, 6.07) is 16.3. The third-order valence-electron chi connectivity index (χ3n) is 5.92. The van der Waals surface area contributed by atoms with Crippen LogP contribution in [0.4, 0.5) is 17.2 Å². The zero-order valence-corrected chi connectivity index (χ0v) is 19.5. The van der Waals surface area contributed by atoms with Gasteiger partial charge in [-0.2, -0.15) is 0 Å². The number of aromatic nitrogens is 2. The first-order valence-corrected chi connectivity index (χ1v) is 11.5. The number of rotatable bonds is 5. The molecule has 33 heavy (non-hydrogen) atoms. The Morgan fingerprint density at radius 3 is 2.58 bits per heavy atom. The number of nitrogens with one attached hydrogen (secondary N) is 1. The average Bonchev–Trinajstić information content (AvgIpc) is 3.25. The molecule has 5 nitrogen and oxygen atoms in total. The first-order valence-electron chi connectivity index (χ1n) is 10.6. The molecule has 0 unspecified atom stereocenters. The third kappa shape index (κ3) is 3.90. The quantitative estimate of drug-likeness (QED) is 0.282. The van der Waals surface area contributed by atoms with E-state index in [0.29, 0.717) is 0 Å². The number of aryl methyl sites for hydroxylation is 1. The maximum absolute atomic E-state index is 6.15. The second-order valence-corrected chi connectivity index (χ2v) is 8.84. The predicted octanol–water partition coefficient (Wildman–Crippen LogP) is 6.97. The Morgan fingerprint density at radius 1 is 0.970 bits per heavy atom. The van der Waals surface area contributed by atoms with E-state index in [1.807, 2.05) is 24.3 Å². The van der Waals surface area contributed by atoms with Gasteiger partial charge in [0.15, 0.2) is 5.82 Å². The molecule has 0 saturated carbocycles. The largest absolute Gasteiger partial charge is 0.496 e. The topological polar surface area (TPSA) is 73.1 Å². The zero-order valence-electron chi connectivity index (χ0n) is 18.7. The highest BCUT2D eigenvalue weighted by molar-refractivity contribution is 7.18. The Kier molecular flexibility index (Phi) is 5.44. The number of thiophene rings is 1. The lowest BCUT2D eigenvalue weighted by Gasteiger charge is -2.12. The van der Waals surface area contributed by atoms with Gasteiger partial charge in [0, 0.05) is 33.8 Å². The van der Waals surface area contributed by atoms with Gasteiger partial charge in [-0.05, 0) is 48.1 Å². The fraction of sp³-hybridized carbons (Fsp3) is 0.111. The van der Waals surface area contributed by atoms with Gasteiger partial charge in [-0.25, -0.2) is 9.97 Å². The number of ether oxygens (including phenoxy) is 1. The number of anilines is 3. The van der Waals surface area contributed by atoms with Crippen molar-refractivity contribution in [3.8, 4) is 5.75 Å². The lowest BCUT2D eigenvalue weighted by molar-refractivity contribution is 0.411. The molecule has 0 fully saturated rings. The Hall–Kier alpha value is -3.90. The summed E-state index contributed by atoms with van der Waals surface area (Å²) in [6.45, 7) is 4.14. The minimum atomic E-state index is 0.785. The first kappa shape index (κ1) is 21.0. The summed E-state index contributed by atoms with van der Waals surface area (Å²) in [6.07, 6.45) is 5.82. The van der Waals surface area contributed by atoms with Gasteiger partial charge >= 0.3 is 0 Å². The van der Waals surface area contributed by atoms with Crippen LogP contribution in [-0.4, -0.2) is 17.1 Å². The number of hydrogen-bond donors (Lipinski definition) is 2. The minimum Gasteiger partial charge on any atom is -0.496 e. The maximum Gasteiger partial charge on any atom is 0.151 e. The summed E-state index contributed by atoms with van der Waals surface area (Å²) >= 11 is 1.63. The van der Waals surface area contributed by atoms with Crippen LogP contribution < -0.4 is 15.8 Å². The average molecular weight is 453 g/mol. The van der Waals surface area contributed by atoms with Crippen LogP contribution in [0.1, 0.15) is 22.3 Å². The minimum absolute atomic E-state index is 0.785. The summed E-state index contributed by atoms with van der Waals surface area (Å²) in [5.41, 5.74) is 13.3. The summed E-state index contributed by atoms with van der Waals surface area (Å²) in [4.78, 5) is 9.06. The van der Waals surface area contributed by atoms with Crippen molar-refractivity contribution in [1.29, 1.82) is 0 Å². The SMILES string of the molecule is COc1cc(Nc2ncnc3c(/C=C/c4ccc(N)c5ccccc45)csc23)cc(C)c1C. The second-order valence-electron chi connectivity index (χ2n) is 7.96. The number of fused-ring (bicyclic) bond motifs is 2. The number of nitrogens with zero attached hydrogens (tertiary/aromatic N) is 2. The molecule has 2 aromatic heterocycles. The fourth-order valence-corrected chi connectivity index (χ4v) is 4.93. The van der Waals surface area contributed by atoms with Crippen molar-refractivity contribution >= 4 is 61.7 Å². The van der Waals surface area contributed by atoms with Crippen molar-refractivity contribution in [2.75, 3.05) is 18.2 Å². The molecule has 0 amide bonds. The van der Waals surface area contributed by atoms with Gasteiger partial charge in [0.1, 0.15) is 12.1 Å². The molecule has 2 heterocycles. The number of nitrogens with two attached hydrogens (primary N) is 1. The van der Waals surface area contributed by atoms with Crippen LogP contribution in [0.3, 0.4) is 0 Å². The van der Waals surface area contributed by atoms with Crippen LogP contribution in [-0.2, 0) is 0 Å². The molecule has 0 aliphatic heterocycles. The molecule has 3 N–H and O–H groups in total. The second kappa shape index (κ2) is 8.56. The molecule has 0 saturated heterocycles. The molecule has 5 rings (SSSR count). The highest BCUT2D eigenvalue weighted by atomic mass is 32.1. The highest BCUT2D eigenvalue weighted by Crippen LogP contribution is 2.34. The van der Waals surface area contributed by atoms with Crippen LogP contribution in [0.2, 0.25) is 0 Å². The van der Waals surface area contributed by atoms with Crippen LogP contribution in [0.25, 0.3) is 33.1 Å². The summed E-state index contributed by atoms with van der Waals surface area (Å²) in [5, 5.41) is 7.76. The Balaban J connectivity index is 1.50. The van der Waals surface area contributed by atoms with Gasteiger partial charge in [-0.3, -0.25) is 0 Å². The molecular weight excluding hydrogens is 428 g/mol. The van der Waals surface area contributed by atoms with Crippen LogP contribution in [0.15, 0.2) is 60.2 Å². The molecule has 0 atom stereocenters. The van der Waals surface area contributed by atoms with Gasteiger partial charge in [0.05, 0.1) is 17.3 Å². The molecule has 5 aromatic rings. The van der Waals surface area contributed by atoms with Gasteiger partial charge < -0.3 is 15.8 Å². The summed E-state index contributed by atoms with van der Waals surface area (Å²) in [7, 11) is 1.69. The van der Waals surface area contributed by atoms with Gasteiger partial charge in [0.25, 0.3) is 0 Å². The number of benzene rings is 3. The van der Waals surface area contributed by atoms with E-state index in [0.717, 1.165) is 66.2 Å². The van der Waals surface area contributed by atoms with E-state index >= 15 is 0 Å². The van der Waals surface area contributed by atoms with E-state index in [-0.39, 0.29) is 0 Å². The molecule has 0 spiro atoms. The van der Waals surface area contributed by atoms with E-state index in [1.54, 1.807) is 24.8 Å². The fourth-order valence-electron chi connectivity index (χ4n) is 3.99. The predicted molar refractivity (Wildman–Crippen MR) is 140 cm³/mol. The third-order valence-corrected chi connectivity index (χ3v) is 6.91. The highest BCUT2D eigenvalue weighted by Gasteiger charge is 2.12. The first-order chi connectivity index (χ1) is 16.0.